The summed E-state index contributed by atoms with van der Waals surface area (Å²) in [5.41, 5.74) is 2.31. The number of ether oxygens (including phenoxy) is 2. The molecular weight excluding hydrogens is 354 g/mol. The van der Waals surface area contributed by atoms with Gasteiger partial charge in [0.2, 0.25) is 5.91 Å². The molecule has 0 fully saturated rings. The van der Waals surface area contributed by atoms with E-state index in [1.54, 1.807) is 18.2 Å². The Hall–Kier alpha value is -2.49. The zero-order valence-corrected chi connectivity index (χ0v) is 16.0. The quantitative estimate of drug-likeness (QED) is 0.217. The largest absolute Gasteiger partial charge is 0.468 e. The van der Waals surface area contributed by atoms with Crippen LogP contribution >= 0.6 is 0 Å². The van der Waals surface area contributed by atoms with E-state index in [9.17, 15) is 14.4 Å². The molecule has 1 rings (SSSR count). The zero-order valence-electron chi connectivity index (χ0n) is 16.0. The second-order valence-electron chi connectivity index (χ2n) is 6.84. The summed E-state index contributed by atoms with van der Waals surface area (Å²) in [4.78, 5) is 34.6. The average molecular weight is 381 g/mol. The van der Waals surface area contributed by atoms with E-state index < -0.39 is 30.2 Å². The second-order valence-corrected chi connectivity index (χ2v) is 6.84. The third-order valence-corrected chi connectivity index (χ3v) is 3.38. The summed E-state index contributed by atoms with van der Waals surface area (Å²) in [5, 5.41) is 14.1. The Morgan fingerprint density at radius 3 is 2.48 bits per heavy atom. The van der Waals surface area contributed by atoms with Gasteiger partial charge in [-0.1, -0.05) is 12.1 Å². The average Bonchev–Trinajstić information content (AvgIpc) is 2.60. The molecule has 0 aliphatic rings. The van der Waals surface area contributed by atoms with Crippen LogP contribution in [0.2, 0.25) is 0 Å². The molecule has 1 aromatic rings. The van der Waals surface area contributed by atoms with Gasteiger partial charge in [0.15, 0.2) is 0 Å². The number of esters is 1. The van der Waals surface area contributed by atoms with Crippen molar-refractivity contribution in [1.29, 1.82) is 0 Å². The number of carbonyl (C=O) groups is 3. The van der Waals surface area contributed by atoms with Crippen LogP contribution in [-0.2, 0) is 30.4 Å². The molecule has 0 saturated carbocycles. The lowest BCUT2D eigenvalue weighted by atomic mass is 10.1. The lowest BCUT2D eigenvalue weighted by Gasteiger charge is -2.24. The van der Waals surface area contributed by atoms with Crippen LogP contribution in [0.4, 0.5) is 5.69 Å². The molecule has 9 heteroatoms. The van der Waals surface area contributed by atoms with Crippen LogP contribution in [0.1, 0.15) is 32.8 Å². The molecule has 0 unspecified atom stereocenters. The van der Waals surface area contributed by atoms with Gasteiger partial charge < -0.3 is 14.8 Å². The van der Waals surface area contributed by atoms with Gasteiger partial charge in [0.25, 0.3) is 5.91 Å². The number of nitrogens with one attached hydrogen (secondary N) is 3. The third kappa shape index (κ3) is 9.13. The van der Waals surface area contributed by atoms with Gasteiger partial charge in [-0.25, -0.2) is 5.48 Å². The van der Waals surface area contributed by atoms with Gasteiger partial charge in [-0.3, -0.25) is 24.9 Å². The number of carbonyl (C=O) groups excluding carboxylic acids is 3. The number of amides is 2. The highest BCUT2D eigenvalue weighted by molar-refractivity contribution is 6.03. The molecule has 0 spiro atoms. The maximum atomic E-state index is 11.9. The van der Waals surface area contributed by atoms with Gasteiger partial charge >= 0.3 is 5.97 Å². The monoisotopic (exact) mass is 381 g/mol. The minimum Gasteiger partial charge on any atom is -0.468 e. The van der Waals surface area contributed by atoms with Crippen molar-refractivity contribution in [2.45, 2.75) is 45.4 Å². The fourth-order valence-electron chi connectivity index (χ4n) is 2.08. The highest BCUT2D eigenvalue weighted by atomic mass is 16.5. The standard InChI is InChI=1S/C18H27N3O6/c1-18(2,3)27-11-14(17(24)26-4)19-10-12-6-5-7-13(8-12)20-15(22)9-16(23)21-25/h5-8,14,19,25H,9-11H2,1-4H3,(H,20,22)(H,21,23)/t14-/m0/s1. The van der Waals surface area contributed by atoms with Crippen LogP contribution in [-0.4, -0.2) is 48.4 Å². The predicted molar refractivity (Wildman–Crippen MR) is 98.0 cm³/mol. The normalized spacial score (nSPS) is 12.2. The minimum absolute atomic E-state index is 0.156. The van der Waals surface area contributed by atoms with Crippen molar-refractivity contribution < 1.29 is 29.1 Å². The number of methoxy groups -OCH3 is 1. The summed E-state index contributed by atoms with van der Waals surface area (Å²) < 4.78 is 10.4. The van der Waals surface area contributed by atoms with Crippen LogP contribution in [0.3, 0.4) is 0 Å². The first kappa shape index (κ1) is 22.6. The molecule has 4 N–H and O–H groups in total. The number of rotatable bonds is 9. The Balaban J connectivity index is 2.67. The van der Waals surface area contributed by atoms with E-state index in [0.29, 0.717) is 12.2 Å². The summed E-state index contributed by atoms with van der Waals surface area (Å²) in [6.07, 6.45) is -0.493. The fraction of sp³-hybridized carbons (Fsp3) is 0.500. The first-order chi connectivity index (χ1) is 12.6. The van der Waals surface area contributed by atoms with Crippen LogP contribution in [0.25, 0.3) is 0 Å². The highest BCUT2D eigenvalue weighted by Crippen LogP contribution is 2.12. The maximum absolute atomic E-state index is 11.9. The number of benzene rings is 1. The molecule has 0 aromatic heterocycles. The fourth-order valence-corrected chi connectivity index (χ4v) is 2.08. The molecular formula is C18H27N3O6. The van der Waals surface area contributed by atoms with Crippen molar-refractivity contribution in [3.8, 4) is 0 Å². The number of anilines is 1. The van der Waals surface area contributed by atoms with Crippen molar-refractivity contribution in [1.82, 2.24) is 10.8 Å². The number of hydrogen-bond donors (Lipinski definition) is 4. The van der Waals surface area contributed by atoms with E-state index in [4.69, 9.17) is 14.7 Å². The van der Waals surface area contributed by atoms with Crippen molar-refractivity contribution >= 4 is 23.5 Å². The first-order valence-corrected chi connectivity index (χ1v) is 8.41. The molecule has 150 valence electrons. The summed E-state index contributed by atoms with van der Waals surface area (Å²) in [5.74, 6) is -1.79. The van der Waals surface area contributed by atoms with E-state index in [1.807, 2.05) is 26.8 Å². The van der Waals surface area contributed by atoms with Crippen LogP contribution in [0, 0.1) is 0 Å². The van der Waals surface area contributed by atoms with Gasteiger partial charge in [0, 0.05) is 12.2 Å². The van der Waals surface area contributed by atoms with Crippen LogP contribution in [0.15, 0.2) is 24.3 Å². The summed E-state index contributed by atoms with van der Waals surface area (Å²) >= 11 is 0. The molecule has 27 heavy (non-hydrogen) atoms. The van der Waals surface area contributed by atoms with Crippen LogP contribution < -0.4 is 16.1 Å². The molecule has 0 radical (unpaired) electrons. The summed E-state index contributed by atoms with van der Waals surface area (Å²) in [7, 11) is 1.31. The highest BCUT2D eigenvalue weighted by Gasteiger charge is 2.22. The smallest absolute Gasteiger partial charge is 0.325 e. The molecule has 2 amide bonds. The lowest BCUT2D eigenvalue weighted by molar-refractivity contribution is -0.146. The first-order valence-electron chi connectivity index (χ1n) is 8.41. The Labute approximate surface area is 158 Å². The van der Waals surface area contributed by atoms with Crippen LogP contribution in [0.5, 0.6) is 0 Å². The van der Waals surface area contributed by atoms with E-state index in [1.165, 1.54) is 12.6 Å². The van der Waals surface area contributed by atoms with Gasteiger partial charge in [-0.05, 0) is 38.5 Å². The molecule has 1 aromatic carbocycles. The Morgan fingerprint density at radius 2 is 1.89 bits per heavy atom. The zero-order chi connectivity index (χ0) is 20.4. The van der Waals surface area contributed by atoms with Crippen molar-refractivity contribution in [3.05, 3.63) is 29.8 Å². The molecule has 1 atom stereocenters. The summed E-state index contributed by atoms with van der Waals surface area (Å²) in [6.45, 7) is 6.18. The molecule has 0 aliphatic heterocycles. The number of hydroxylamine groups is 1. The SMILES string of the molecule is COC(=O)[C@H](COC(C)(C)C)NCc1cccc(NC(=O)CC(=O)NO)c1. The van der Waals surface area contributed by atoms with E-state index in [2.05, 4.69) is 10.6 Å². The Morgan fingerprint density at radius 1 is 1.19 bits per heavy atom. The van der Waals surface area contributed by atoms with Crippen molar-refractivity contribution in [2.24, 2.45) is 0 Å². The topological polar surface area (TPSA) is 126 Å². The molecule has 0 bridgehead atoms. The predicted octanol–water partition coefficient (Wildman–Crippen LogP) is 0.967. The molecule has 0 heterocycles. The Bertz CT molecular complexity index is 657. The van der Waals surface area contributed by atoms with Gasteiger partial charge in [-0.2, -0.15) is 0 Å². The van der Waals surface area contributed by atoms with Gasteiger partial charge in [0.05, 0.1) is 19.3 Å². The third-order valence-electron chi connectivity index (χ3n) is 3.38. The maximum Gasteiger partial charge on any atom is 0.325 e. The van der Waals surface area contributed by atoms with E-state index >= 15 is 0 Å². The molecule has 0 aliphatic carbocycles. The minimum atomic E-state index is -0.801. The van der Waals surface area contributed by atoms with E-state index in [-0.39, 0.29) is 12.2 Å². The Kier molecular flexibility index (Phi) is 8.86. The van der Waals surface area contributed by atoms with Gasteiger partial charge in [0.1, 0.15) is 12.5 Å². The second kappa shape index (κ2) is 10.6. The van der Waals surface area contributed by atoms with Crippen molar-refractivity contribution in [3.63, 3.8) is 0 Å². The van der Waals surface area contributed by atoms with Crippen molar-refractivity contribution in [2.75, 3.05) is 19.0 Å². The van der Waals surface area contributed by atoms with Gasteiger partial charge in [-0.15, -0.1) is 0 Å². The molecule has 0 saturated heterocycles. The molecule has 9 nitrogen and oxygen atoms in total. The number of hydrogen-bond acceptors (Lipinski definition) is 7. The lowest BCUT2D eigenvalue weighted by Crippen LogP contribution is -2.42. The summed E-state index contributed by atoms with van der Waals surface area (Å²) in [6, 6.07) is 6.29. The van der Waals surface area contributed by atoms with E-state index in [0.717, 1.165) is 5.56 Å².